The monoisotopic (exact) mass is 467 g/mol. The molecule has 0 aromatic heterocycles. The Hall–Kier alpha value is -3.85. The number of ether oxygens (including phenoxy) is 2. The van der Waals surface area contributed by atoms with Crippen molar-refractivity contribution in [3.63, 3.8) is 0 Å². The normalized spacial score (nSPS) is 11.2. The molecule has 0 aliphatic rings. The van der Waals surface area contributed by atoms with Gasteiger partial charge < -0.3 is 9.47 Å². The van der Waals surface area contributed by atoms with Crippen LogP contribution < -0.4 is 19.2 Å². The molecule has 3 aromatic carbocycles. The molecular formula is C24H25N3O5S. The first-order valence-corrected chi connectivity index (χ1v) is 11.6. The number of sulfonamides is 1. The number of benzene rings is 3. The van der Waals surface area contributed by atoms with Crippen LogP contribution in [-0.2, 0) is 14.8 Å². The van der Waals surface area contributed by atoms with Crippen molar-refractivity contribution in [1.29, 1.82) is 0 Å². The molecule has 0 radical (unpaired) electrons. The summed E-state index contributed by atoms with van der Waals surface area (Å²) in [5.74, 6) is 0.681. The van der Waals surface area contributed by atoms with E-state index in [2.05, 4.69) is 10.5 Å². The van der Waals surface area contributed by atoms with E-state index < -0.39 is 22.5 Å². The van der Waals surface area contributed by atoms with Gasteiger partial charge in [-0.05, 0) is 73.2 Å². The van der Waals surface area contributed by atoms with Crippen molar-refractivity contribution in [2.24, 2.45) is 5.10 Å². The van der Waals surface area contributed by atoms with Crippen LogP contribution in [0.4, 0.5) is 5.69 Å². The van der Waals surface area contributed by atoms with Gasteiger partial charge in [-0.1, -0.05) is 18.2 Å². The fraction of sp³-hybridized carbons (Fsp3) is 0.167. The third-order valence-corrected chi connectivity index (χ3v) is 6.36. The van der Waals surface area contributed by atoms with Crippen molar-refractivity contribution in [3.05, 3.63) is 84.4 Å². The molecule has 0 atom stereocenters. The number of hydrazone groups is 1. The number of methoxy groups -OCH3 is 1. The summed E-state index contributed by atoms with van der Waals surface area (Å²) in [6, 6.07) is 21.6. The maximum atomic E-state index is 13.3. The van der Waals surface area contributed by atoms with E-state index in [1.54, 1.807) is 73.8 Å². The number of anilines is 1. The molecule has 0 heterocycles. The molecule has 0 fully saturated rings. The highest BCUT2D eigenvalue weighted by Gasteiger charge is 2.27. The van der Waals surface area contributed by atoms with Crippen LogP contribution in [0.2, 0.25) is 0 Å². The SMILES string of the molecule is CCOc1ccc(S(=O)(=O)N(CC(=O)N/N=C\c2ccc(OC)cc2)c2ccccc2)cc1. The summed E-state index contributed by atoms with van der Waals surface area (Å²) in [4.78, 5) is 12.6. The van der Waals surface area contributed by atoms with E-state index in [4.69, 9.17) is 9.47 Å². The third kappa shape index (κ3) is 6.33. The smallest absolute Gasteiger partial charge is 0.264 e. The van der Waals surface area contributed by atoms with Crippen LogP contribution in [0.3, 0.4) is 0 Å². The summed E-state index contributed by atoms with van der Waals surface area (Å²) in [6.45, 7) is 1.87. The Labute approximate surface area is 193 Å². The predicted octanol–water partition coefficient (Wildman–Crippen LogP) is 3.44. The summed E-state index contributed by atoms with van der Waals surface area (Å²) < 4.78 is 38.2. The lowest BCUT2D eigenvalue weighted by Gasteiger charge is -2.23. The van der Waals surface area contributed by atoms with Crippen LogP contribution in [0, 0.1) is 0 Å². The lowest BCUT2D eigenvalue weighted by Crippen LogP contribution is -2.39. The van der Waals surface area contributed by atoms with Gasteiger partial charge in [0, 0.05) is 0 Å². The zero-order chi connectivity index (χ0) is 23.7. The molecule has 3 rings (SSSR count). The highest BCUT2D eigenvalue weighted by molar-refractivity contribution is 7.92. The maximum absolute atomic E-state index is 13.3. The van der Waals surface area contributed by atoms with Crippen molar-refractivity contribution < 1.29 is 22.7 Å². The van der Waals surface area contributed by atoms with E-state index in [0.29, 0.717) is 23.8 Å². The summed E-state index contributed by atoms with van der Waals surface area (Å²) >= 11 is 0. The maximum Gasteiger partial charge on any atom is 0.264 e. The van der Waals surface area contributed by atoms with Gasteiger partial charge in [0.2, 0.25) is 0 Å². The second kappa shape index (κ2) is 11.1. The minimum absolute atomic E-state index is 0.0457. The summed E-state index contributed by atoms with van der Waals surface area (Å²) in [7, 11) is -2.44. The topological polar surface area (TPSA) is 97.3 Å². The fourth-order valence-electron chi connectivity index (χ4n) is 2.95. The van der Waals surface area contributed by atoms with Crippen molar-refractivity contribution in [2.75, 3.05) is 24.6 Å². The molecule has 33 heavy (non-hydrogen) atoms. The zero-order valence-corrected chi connectivity index (χ0v) is 19.2. The van der Waals surface area contributed by atoms with Crippen LogP contribution in [0.1, 0.15) is 12.5 Å². The molecule has 0 aliphatic carbocycles. The number of carbonyl (C=O) groups is 1. The van der Waals surface area contributed by atoms with Gasteiger partial charge in [0.05, 0.1) is 30.5 Å². The van der Waals surface area contributed by atoms with Crippen LogP contribution in [-0.4, -0.2) is 40.8 Å². The van der Waals surface area contributed by atoms with Gasteiger partial charge in [-0.2, -0.15) is 5.10 Å². The van der Waals surface area contributed by atoms with Gasteiger partial charge in [-0.15, -0.1) is 0 Å². The first-order chi connectivity index (χ1) is 15.9. The Morgan fingerprint density at radius 2 is 1.61 bits per heavy atom. The number of nitrogens with one attached hydrogen (secondary N) is 1. The first-order valence-electron chi connectivity index (χ1n) is 10.2. The molecule has 3 aromatic rings. The minimum atomic E-state index is -4.01. The van der Waals surface area contributed by atoms with Crippen molar-refractivity contribution in [3.8, 4) is 11.5 Å². The van der Waals surface area contributed by atoms with Crippen molar-refractivity contribution >= 4 is 27.8 Å². The Bertz CT molecular complexity index is 1180. The molecule has 172 valence electrons. The lowest BCUT2D eigenvalue weighted by molar-refractivity contribution is -0.119. The largest absolute Gasteiger partial charge is 0.497 e. The van der Waals surface area contributed by atoms with Gasteiger partial charge in [0.1, 0.15) is 18.0 Å². The van der Waals surface area contributed by atoms with Gasteiger partial charge >= 0.3 is 0 Å². The molecule has 8 nitrogen and oxygen atoms in total. The van der Waals surface area contributed by atoms with Gasteiger partial charge in [-0.25, -0.2) is 13.8 Å². The summed E-state index contributed by atoms with van der Waals surface area (Å²) in [5, 5.41) is 3.93. The van der Waals surface area contributed by atoms with E-state index in [1.807, 2.05) is 6.92 Å². The highest BCUT2D eigenvalue weighted by atomic mass is 32.2. The quantitative estimate of drug-likeness (QED) is 0.364. The molecule has 9 heteroatoms. The Balaban J connectivity index is 1.77. The predicted molar refractivity (Wildman–Crippen MR) is 127 cm³/mol. The molecule has 0 spiro atoms. The Kier molecular flexibility index (Phi) is 8.04. The number of nitrogens with zero attached hydrogens (tertiary/aromatic N) is 2. The summed E-state index contributed by atoms with van der Waals surface area (Å²) in [6.07, 6.45) is 1.46. The van der Waals surface area contributed by atoms with Gasteiger partial charge in [0.15, 0.2) is 0 Å². The van der Waals surface area contributed by atoms with Crippen molar-refractivity contribution in [2.45, 2.75) is 11.8 Å². The number of hydrogen-bond donors (Lipinski definition) is 1. The zero-order valence-electron chi connectivity index (χ0n) is 18.3. The molecule has 0 saturated heterocycles. The average molecular weight is 468 g/mol. The van der Waals surface area contributed by atoms with Crippen LogP contribution in [0.25, 0.3) is 0 Å². The summed E-state index contributed by atoms with van der Waals surface area (Å²) in [5.41, 5.74) is 3.49. The standard InChI is InChI=1S/C24H25N3O5S/c1-3-32-22-13-15-23(16-14-22)33(29,30)27(20-7-5-4-6-8-20)18-24(28)26-25-17-19-9-11-21(31-2)12-10-19/h4-17H,3,18H2,1-2H3,(H,26,28)/b25-17-. The number of para-hydroxylation sites is 1. The average Bonchev–Trinajstić information content (AvgIpc) is 2.84. The lowest BCUT2D eigenvalue weighted by atomic mass is 10.2. The minimum Gasteiger partial charge on any atom is -0.497 e. The third-order valence-electron chi connectivity index (χ3n) is 4.57. The Morgan fingerprint density at radius 1 is 0.970 bits per heavy atom. The first kappa shape index (κ1) is 23.8. The van der Waals surface area contributed by atoms with Crippen LogP contribution in [0.15, 0.2) is 88.9 Å². The molecular weight excluding hydrogens is 442 g/mol. The Morgan fingerprint density at radius 3 is 2.21 bits per heavy atom. The number of amides is 1. The second-order valence-corrected chi connectivity index (χ2v) is 8.68. The number of carbonyl (C=O) groups excluding carboxylic acids is 1. The molecule has 0 saturated carbocycles. The number of rotatable bonds is 10. The van der Waals surface area contributed by atoms with E-state index in [9.17, 15) is 13.2 Å². The van der Waals surface area contributed by atoms with Crippen LogP contribution >= 0.6 is 0 Å². The van der Waals surface area contributed by atoms with Gasteiger partial charge in [-0.3, -0.25) is 9.10 Å². The molecule has 0 unspecified atom stereocenters. The molecule has 0 aliphatic heterocycles. The number of hydrogen-bond acceptors (Lipinski definition) is 6. The highest BCUT2D eigenvalue weighted by Crippen LogP contribution is 2.25. The molecule has 1 N–H and O–H groups in total. The molecule has 0 bridgehead atoms. The van der Waals surface area contributed by atoms with E-state index in [0.717, 1.165) is 9.87 Å². The van der Waals surface area contributed by atoms with Gasteiger partial charge in [0.25, 0.3) is 15.9 Å². The second-order valence-electron chi connectivity index (χ2n) is 6.82. The fourth-order valence-corrected chi connectivity index (χ4v) is 4.37. The molecule has 1 amide bonds. The van der Waals surface area contributed by atoms with Crippen molar-refractivity contribution in [1.82, 2.24) is 5.43 Å². The van der Waals surface area contributed by atoms with E-state index >= 15 is 0 Å². The van der Waals surface area contributed by atoms with Crippen LogP contribution in [0.5, 0.6) is 11.5 Å². The van der Waals surface area contributed by atoms with E-state index in [-0.39, 0.29) is 4.90 Å². The van der Waals surface area contributed by atoms with E-state index in [1.165, 1.54) is 18.3 Å².